The van der Waals surface area contributed by atoms with Gasteiger partial charge in [-0.2, -0.15) is 5.10 Å². The summed E-state index contributed by atoms with van der Waals surface area (Å²) in [4.78, 5) is 32.7. The standard InChI is InChI=1S/C33H35N5O4/c1-21-29(22(2)37(3)36-21)10-11-31(39)38-14-12-23-16-27-8-9-30(23)32(38)24-6-4-7-26(17-24)41-15-5-13-35-33(40)25-18-28(42-27)20-34-19-25/h4,6-9,16-20,32H,5,10-15H2,1-3H3,(H,35,40). The van der Waals surface area contributed by atoms with Crippen LogP contribution in [0.1, 0.15) is 62.9 Å². The van der Waals surface area contributed by atoms with Crippen molar-refractivity contribution in [3.05, 3.63) is 100 Å². The van der Waals surface area contributed by atoms with E-state index < -0.39 is 0 Å². The average Bonchev–Trinajstić information content (AvgIpc) is 3.24. The SMILES string of the molecule is Cc1nn(C)c(C)c1CCC(=O)N1CCc2cc3ccc2C1c1cccc(c1)OCCCNC(=O)c1cncc(c1)O3. The number of aryl methyl sites for hydroxylation is 2. The third-order valence-corrected chi connectivity index (χ3v) is 8.17. The van der Waals surface area contributed by atoms with Gasteiger partial charge < -0.3 is 19.7 Å². The predicted octanol–water partition coefficient (Wildman–Crippen LogP) is 4.84. The summed E-state index contributed by atoms with van der Waals surface area (Å²) in [5.74, 6) is 1.79. The normalized spacial score (nSPS) is 16.6. The second-order valence-electron chi connectivity index (χ2n) is 10.9. The monoisotopic (exact) mass is 565 g/mol. The average molecular weight is 566 g/mol. The molecule has 1 N–H and O–H groups in total. The first-order chi connectivity index (χ1) is 20.4. The van der Waals surface area contributed by atoms with E-state index in [4.69, 9.17) is 9.47 Å². The summed E-state index contributed by atoms with van der Waals surface area (Å²) in [5, 5.41) is 7.44. The molecule has 5 heterocycles. The molecule has 1 unspecified atom stereocenters. The number of carbonyl (C=O) groups is 2. The molecular formula is C33H35N5O4. The highest BCUT2D eigenvalue weighted by molar-refractivity contribution is 5.94. The molecule has 0 saturated heterocycles. The van der Waals surface area contributed by atoms with Crippen molar-refractivity contribution >= 4 is 11.8 Å². The van der Waals surface area contributed by atoms with Crippen LogP contribution >= 0.6 is 0 Å². The maximum atomic E-state index is 13.9. The summed E-state index contributed by atoms with van der Waals surface area (Å²) in [6.07, 6.45) is 5.54. The molecule has 2 aromatic heterocycles. The lowest BCUT2D eigenvalue weighted by Gasteiger charge is -2.38. The first-order valence-electron chi connectivity index (χ1n) is 14.4. The van der Waals surface area contributed by atoms with E-state index in [0.29, 0.717) is 62.4 Å². The second-order valence-corrected chi connectivity index (χ2v) is 10.9. The number of carbonyl (C=O) groups excluding carboxylic acids is 2. The number of rotatable bonds is 3. The highest BCUT2D eigenvalue weighted by Crippen LogP contribution is 2.39. The van der Waals surface area contributed by atoms with Gasteiger partial charge >= 0.3 is 0 Å². The minimum absolute atomic E-state index is 0.112. The zero-order valence-electron chi connectivity index (χ0n) is 24.2. The van der Waals surface area contributed by atoms with Crippen molar-refractivity contribution in [3.8, 4) is 17.2 Å². The van der Waals surface area contributed by atoms with E-state index in [1.807, 2.05) is 66.9 Å². The lowest BCUT2D eigenvalue weighted by molar-refractivity contribution is -0.133. The van der Waals surface area contributed by atoms with Gasteiger partial charge in [-0.1, -0.05) is 18.2 Å². The summed E-state index contributed by atoms with van der Waals surface area (Å²) in [7, 11) is 1.94. The summed E-state index contributed by atoms with van der Waals surface area (Å²) in [6, 6.07) is 15.4. The molecule has 4 aromatic rings. The van der Waals surface area contributed by atoms with Crippen molar-refractivity contribution in [1.29, 1.82) is 0 Å². The van der Waals surface area contributed by atoms with Crippen LogP contribution in [-0.4, -0.2) is 51.2 Å². The highest BCUT2D eigenvalue weighted by Gasteiger charge is 2.32. The molecule has 3 aliphatic rings. The molecule has 0 saturated carbocycles. The Bertz CT molecular complexity index is 1650. The van der Waals surface area contributed by atoms with Crippen LogP contribution in [0.5, 0.6) is 17.2 Å². The van der Waals surface area contributed by atoms with E-state index in [1.165, 1.54) is 6.20 Å². The molecule has 0 spiro atoms. The van der Waals surface area contributed by atoms with Crippen molar-refractivity contribution in [3.63, 3.8) is 0 Å². The third kappa shape index (κ3) is 5.59. The number of amides is 2. The molecule has 3 aliphatic heterocycles. The van der Waals surface area contributed by atoms with Gasteiger partial charge in [0, 0.05) is 38.4 Å². The van der Waals surface area contributed by atoms with E-state index in [1.54, 1.807) is 12.3 Å². The summed E-state index contributed by atoms with van der Waals surface area (Å²) in [5.41, 5.74) is 6.83. The van der Waals surface area contributed by atoms with E-state index in [0.717, 1.165) is 39.4 Å². The number of nitrogens with zero attached hydrogens (tertiary/aromatic N) is 4. The molecule has 216 valence electrons. The second kappa shape index (κ2) is 11.7. The Morgan fingerprint density at radius 2 is 1.95 bits per heavy atom. The summed E-state index contributed by atoms with van der Waals surface area (Å²) < 4.78 is 14.1. The maximum absolute atomic E-state index is 13.9. The van der Waals surface area contributed by atoms with E-state index in [2.05, 4.69) is 21.5 Å². The number of benzene rings is 2. The number of aromatic nitrogens is 3. The van der Waals surface area contributed by atoms with Crippen molar-refractivity contribution in [2.24, 2.45) is 7.05 Å². The Morgan fingerprint density at radius 3 is 2.79 bits per heavy atom. The Hall–Kier alpha value is -4.66. The number of hydrogen-bond acceptors (Lipinski definition) is 6. The fourth-order valence-corrected chi connectivity index (χ4v) is 5.93. The molecule has 7 rings (SSSR count). The molecule has 9 heteroatoms. The Balaban J connectivity index is 1.35. The van der Waals surface area contributed by atoms with Crippen LogP contribution in [0.4, 0.5) is 0 Å². The zero-order chi connectivity index (χ0) is 29.2. The summed E-state index contributed by atoms with van der Waals surface area (Å²) in [6.45, 7) is 5.55. The Kier molecular flexibility index (Phi) is 7.65. The van der Waals surface area contributed by atoms with Gasteiger partial charge in [-0.15, -0.1) is 0 Å². The van der Waals surface area contributed by atoms with Crippen molar-refractivity contribution in [1.82, 2.24) is 25.0 Å². The maximum Gasteiger partial charge on any atom is 0.252 e. The fraction of sp³-hybridized carbons (Fsp3) is 0.333. The lowest BCUT2D eigenvalue weighted by atomic mass is 9.87. The number of ether oxygens (including phenoxy) is 2. The molecule has 0 radical (unpaired) electrons. The van der Waals surface area contributed by atoms with Crippen LogP contribution in [-0.2, 0) is 24.7 Å². The molecule has 2 aromatic carbocycles. The third-order valence-electron chi connectivity index (χ3n) is 8.17. The number of pyridine rings is 1. The first-order valence-corrected chi connectivity index (χ1v) is 14.4. The Labute approximate surface area is 245 Å². The minimum atomic E-state index is -0.252. The zero-order valence-corrected chi connectivity index (χ0v) is 24.2. The molecule has 42 heavy (non-hydrogen) atoms. The largest absolute Gasteiger partial charge is 0.494 e. The van der Waals surface area contributed by atoms with Gasteiger partial charge in [0.05, 0.1) is 30.1 Å². The fourth-order valence-electron chi connectivity index (χ4n) is 5.93. The van der Waals surface area contributed by atoms with Crippen molar-refractivity contribution in [2.75, 3.05) is 19.7 Å². The van der Waals surface area contributed by atoms with Gasteiger partial charge in [0.15, 0.2) is 0 Å². The molecule has 1 atom stereocenters. The van der Waals surface area contributed by atoms with E-state index >= 15 is 0 Å². The molecule has 2 amide bonds. The van der Waals surface area contributed by atoms with Crippen LogP contribution < -0.4 is 14.8 Å². The van der Waals surface area contributed by atoms with Crippen molar-refractivity contribution in [2.45, 2.75) is 45.6 Å². The van der Waals surface area contributed by atoms with E-state index in [-0.39, 0.29) is 17.9 Å². The number of nitrogens with one attached hydrogen (secondary N) is 1. The minimum Gasteiger partial charge on any atom is -0.494 e. The van der Waals surface area contributed by atoms with Crippen LogP contribution in [0, 0.1) is 13.8 Å². The van der Waals surface area contributed by atoms with Gasteiger partial charge in [0.1, 0.15) is 17.2 Å². The quantitative estimate of drug-likeness (QED) is 0.382. The van der Waals surface area contributed by atoms with Crippen molar-refractivity contribution < 1.29 is 19.1 Å². The molecule has 0 aliphatic carbocycles. The molecule has 9 nitrogen and oxygen atoms in total. The molecule has 0 fully saturated rings. The van der Waals surface area contributed by atoms with Crippen LogP contribution in [0.15, 0.2) is 60.9 Å². The number of hydrogen-bond donors (Lipinski definition) is 1. The van der Waals surface area contributed by atoms with Crippen LogP contribution in [0.3, 0.4) is 0 Å². The molecule has 8 bridgehead atoms. The van der Waals surface area contributed by atoms with Gasteiger partial charge in [-0.25, -0.2) is 0 Å². The lowest BCUT2D eigenvalue weighted by Crippen LogP contribution is -2.40. The topological polar surface area (TPSA) is 98.6 Å². The van der Waals surface area contributed by atoms with Gasteiger partial charge in [0.2, 0.25) is 5.91 Å². The highest BCUT2D eigenvalue weighted by atomic mass is 16.5. The number of fused-ring (bicyclic) bond motifs is 6. The summed E-state index contributed by atoms with van der Waals surface area (Å²) >= 11 is 0. The van der Waals surface area contributed by atoms with Gasteiger partial charge in [0.25, 0.3) is 5.91 Å². The predicted molar refractivity (Wildman–Crippen MR) is 158 cm³/mol. The molecular weight excluding hydrogens is 530 g/mol. The van der Waals surface area contributed by atoms with Crippen LogP contribution in [0.25, 0.3) is 0 Å². The Morgan fingerprint density at radius 1 is 1.07 bits per heavy atom. The van der Waals surface area contributed by atoms with Gasteiger partial charge in [-0.3, -0.25) is 19.3 Å². The van der Waals surface area contributed by atoms with Crippen LogP contribution in [0.2, 0.25) is 0 Å². The first kappa shape index (κ1) is 27.5. The smallest absolute Gasteiger partial charge is 0.252 e. The van der Waals surface area contributed by atoms with E-state index in [9.17, 15) is 9.59 Å². The van der Waals surface area contributed by atoms with Gasteiger partial charge in [-0.05, 0) is 85.7 Å².